The molecule has 0 unspecified atom stereocenters. The van der Waals surface area contributed by atoms with Crippen molar-refractivity contribution in [1.82, 2.24) is 9.97 Å². The zero-order chi connectivity index (χ0) is 13.1. The molecule has 100 valence electrons. The lowest BCUT2D eigenvalue weighted by molar-refractivity contribution is 0.312. The molecule has 2 N–H and O–H groups in total. The maximum absolute atomic E-state index is 5.76. The molecule has 1 aromatic heterocycles. The predicted molar refractivity (Wildman–Crippen MR) is 78.6 cm³/mol. The van der Waals surface area contributed by atoms with Gasteiger partial charge < -0.3 is 10.6 Å². The van der Waals surface area contributed by atoms with Crippen molar-refractivity contribution in [3.05, 3.63) is 10.7 Å². The molecule has 18 heavy (non-hydrogen) atoms. The van der Waals surface area contributed by atoms with Gasteiger partial charge in [0, 0.05) is 19.2 Å². The second-order valence-electron chi connectivity index (χ2n) is 5.11. The van der Waals surface area contributed by atoms with Gasteiger partial charge in [-0.3, -0.25) is 0 Å². The van der Waals surface area contributed by atoms with E-state index in [9.17, 15) is 0 Å². The number of rotatable bonds is 3. The average Bonchev–Trinajstić information content (AvgIpc) is 2.37. The summed E-state index contributed by atoms with van der Waals surface area (Å²) < 4.78 is 0.749. The van der Waals surface area contributed by atoms with E-state index >= 15 is 0 Å². The monoisotopic (exact) mass is 312 g/mol. The normalized spacial score (nSPS) is 23.9. The Hall–Kier alpha value is -0.840. The van der Waals surface area contributed by atoms with Gasteiger partial charge in [-0.15, -0.1) is 0 Å². The van der Waals surface area contributed by atoms with Crippen molar-refractivity contribution in [1.29, 1.82) is 0 Å². The molecule has 0 saturated heterocycles. The van der Waals surface area contributed by atoms with Crippen molar-refractivity contribution in [2.24, 2.45) is 5.92 Å². The van der Waals surface area contributed by atoms with E-state index in [0.717, 1.165) is 16.5 Å². The van der Waals surface area contributed by atoms with E-state index in [-0.39, 0.29) is 0 Å². The van der Waals surface area contributed by atoms with Gasteiger partial charge in [0.15, 0.2) is 0 Å². The molecule has 1 saturated carbocycles. The van der Waals surface area contributed by atoms with Crippen LogP contribution in [0.5, 0.6) is 0 Å². The number of anilines is 2. The lowest BCUT2D eigenvalue weighted by Gasteiger charge is -2.34. The summed E-state index contributed by atoms with van der Waals surface area (Å²) in [6.45, 7) is 2.28. The van der Waals surface area contributed by atoms with Crippen molar-refractivity contribution in [3.63, 3.8) is 0 Å². The third kappa shape index (κ3) is 3.13. The van der Waals surface area contributed by atoms with E-state index in [4.69, 9.17) is 5.73 Å². The van der Waals surface area contributed by atoms with Crippen LogP contribution in [0.3, 0.4) is 0 Å². The Balaban J connectivity index is 2.05. The predicted octanol–water partition coefficient (Wildman–Crippen LogP) is 3.23. The van der Waals surface area contributed by atoms with E-state index in [2.05, 4.69) is 44.8 Å². The van der Waals surface area contributed by atoms with Crippen LogP contribution in [0.4, 0.5) is 11.8 Å². The summed E-state index contributed by atoms with van der Waals surface area (Å²) >= 11 is 3.37. The van der Waals surface area contributed by atoms with Gasteiger partial charge in [-0.1, -0.05) is 13.3 Å². The van der Waals surface area contributed by atoms with Crippen LogP contribution in [0, 0.1) is 5.92 Å². The highest BCUT2D eigenvalue weighted by atomic mass is 79.9. The Kier molecular flexibility index (Phi) is 4.43. The number of aromatic nitrogens is 2. The summed E-state index contributed by atoms with van der Waals surface area (Å²) in [5.41, 5.74) is 5.76. The largest absolute Gasteiger partial charge is 0.383 e. The molecule has 1 fully saturated rings. The topological polar surface area (TPSA) is 55.0 Å². The molecule has 0 spiro atoms. The van der Waals surface area contributed by atoms with Gasteiger partial charge in [-0.25, -0.2) is 4.98 Å². The van der Waals surface area contributed by atoms with Crippen molar-refractivity contribution in [2.75, 3.05) is 17.7 Å². The van der Waals surface area contributed by atoms with Gasteiger partial charge in [0.1, 0.15) is 10.4 Å². The SMILES string of the molecule is CCC1CCC(N(C)c2nc(N)cc(Br)n2)CC1. The summed E-state index contributed by atoms with van der Waals surface area (Å²) in [6, 6.07) is 2.27. The van der Waals surface area contributed by atoms with Gasteiger partial charge in [0.05, 0.1) is 0 Å². The van der Waals surface area contributed by atoms with Gasteiger partial charge >= 0.3 is 0 Å². The Labute approximate surface area is 117 Å². The van der Waals surface area contributed by atoms with E-state index < -0.39 is 0 Å². The zero-order valence-corrected chi connectivity index (χ0v) is 12.7. The van der Waals surface area contributed by atoms with E-state index in [1.54, 1.807) is 6.07 Å². The molecule has 4 nitrogen and oxygen atoms in total. The number of nitrogen functional groups attached to an aromatic ring is 1. The van der Waals surface area contributed by atoms with Gasteiger partial charge in [-0.2, -0.15) is 4.98 Å². The molecule has 0 aliphatic heterocycles. The quantitative estimate of drug-likeness (QED) is 0.871. The van der Waals surface area contributed by atoms with E-state index in [1.165, 1.54) is 32.1 Å². The van der Waals surface area contributed by atoms with Crippen molar-refractivity contribution in [3.8, 4) is 0 Å². The van der Waals surface area contributed by atoms with Crippen LogP contribution >= 0.6 is 15.9 Å². The summed E-state index contributed by atoms with van der Waals surface area (Å²) in [6.07, 6.45) is 6.39. The molecule has 1 aliphatic rings. The highest BCUT2D eigenvalue weighted by Crippen LogP contribution is 2.30. The second-order valence-corrected chi connectivity index (χ2v) is 5.92. The third-order valence-corrected chi connectivity index (χ3v) is 4.37. The van der Waals surface area contributed by atoms with Crippen LogP contribution in [0.1, 0.15) is 39.0 Å². The van der Waals surface area contributed by atoms with Crippen LogP contribution in [0.25, 0.3) is 0 Å². The Morgan fingerprint density at radius 1 is 1.33 bits per heavy atom. The molecule has 0 aromatic carbocycles. The first-order valence-corrected chi connectivity index (χ1v) is 7.42. The van der Waals surface area contributed by atoms with Crippen LogP contribution < -0.4 is 10.6 Å². The minimum absolute atomic E-state index is 0.515. The van der Waals surface area contributed by atoms with E-state index in [0.29, 0.717) is 11.9 Å². The molecule has 5 heteroatoms. The molecule has 0 amide bonds. The number of hydrogen-bond donors (Lipinski definition) is 1. The van der Waals surface area contributed by atoms with E-state index in [1.807, 2.05) is 0 Å². The van der Waals surface area contributed by atoms with Crippen LogP contribution in [0.2, 0.25) is 0 Å². The smallest absolute Gasteiger partial charge is 0.228 e. The van der Waals surface area contributed by atoms with Gasteiger partial charge in [0.2, 0.25) is 5.95 Å². The minimum atomic E-state index is 0.515. The highest BCUT2D eigenvalue weighted by molar-refractivity contribution is 9.10. The number of halogens is 1. The van der Waals surface area contributed by atoms with Crippen molar-refractivity contribution >= 4 is 27.7 Å². The molecule has 1 heterocycles. The average molecular weight is 313 g/mol. The second kappa shape index (κ2) is 5.87. The summed E-state index contributed by atoms with van der Waals surface area (Å²) in [5, 5.41) is 0. The maximum atomic E-state index is 5.76. The molecule has 0 bridgehead atoms. The van der Waals surface area contributed by atoms with Gasteiger partial charge in [0.25, 0.3) is 0 Å². The van der Waals surface area contributed by atoms with Crippen LogP contribution in [-0.2, 0) is 0 Å². The Morgan fingerprint density at radius 3 is 2.56 bits per heavy atom. The summed E-state index contributed by atoms with van der Waals surface area (Å²) in [5.74, 6) is 2.14. The Morgan fingerprint density at radius 2 is 2.00 bits per heavy atom. The number of nitrogens with two attached hydrogens (primary N) is 1. The molecule has 1 aromatic rings. The van der Waals surface area contributed by atoms with Gasteiger partial charge in [-0.05, 0) is 47.5 Å². The first-order valence-electron chi connectivity index (χ1n) is 6.63. The molecule has 0 atom stereocenters. The lowest BCUT2D eigenvalue weighted by atomic mass is 9.84. The minimum Gasteiger partial charge on any atom is -0.383 e. The lowest BCUT2D eigenvalue weighted by Crippen LogP contribution is -2.36. The summed E-state index contributed by atoms with van der Waals surface area (Å²) in [7, 11) is 2.07. The fourth-order valence-electron chi connectivity index (χ4n) is 2.68. The standard InChI is InChI=1S/C13H21BrN4/c1-3-9-4-6-10(7-5-9)18(2)13-16-11(14)8-12(15)17-13/h8-10H,3-7H2,1-2H3,(H2,15,16,17). The molecule has 2 rings (SSSR count). The number of nitrogens with zero attached hydrogens (tertiary/aromatic N) is 3. The van der Waals surface area contributed by atoms with Crippen LogP contribution in [-0.4, -0.2) is 23.1 Å². The fourth-order valence-corrected chi connectivity index (χ4v) is 3.08. The number of hydrogen-bond acceptors (Lipinski definition) is 4. The zero-order valence-electron chi connectivity index (χ0n) is 11.1. The first kappa shape index (κ1) is 13.6. The Bertz CT molecular complexity index is 382. The van der Waals surface area contributed by atoms with Crippen molar-refractivity contribution < 1.29 is 0 Å². The molecule has 0 radical (unpaired) electrons. The summed E-state index contributed by atoms with van der Waals surface area (Å²) in [4.78, 5) is 10.9. The molecular weight excluding hydrogens is 292 g/mol. The third-order valence-electron chi connectivity index (χ3n) is 3.96. The maximum Gasteiger partial charge on any atom is 0.228 e. The first-order chi connectivity index (χ1) is 8.60. The highest BCUT2D eigenvalue weighted by Gasteiger charge is 2.24. The van der Waals surface area contributed by atoms with Crippen molar-refractivity contribution in [2.45, 2.75) is 45.1 Å². The van der Waals surface area contributed by atoms with Crippen LogP contribution in [0.15, 0.2) is 10.7 Å². The fraction of sp³-hybridized carbons (Fsp3) is 0.692. The molecular formula is C13H21BrN4. The molecule has 1 aliphatic carbocycles.